The van der Waals surface area contributed by atoms with Crippen LogP contribution in [0.5, 0.6) is 11.5 Å². The molecule has 3 aromatic rings. The molecule has 0 amide bonds. The molecule has 0 aromatic heterocycles. The molecule has 0 saturated carbocycles. The van der Waals surface area contributed by atoms with Gasteiger partial charge in [-0.3, -0.25) is 0 Å². The van der Waals surface area contributed by atoms with Crippen LogP contribution in [0.1, 0.15) is 29.9 Å². The Kier molecular flexibility index (Phi) is 11.8. The van der Waals surface area contributed by atoms with E-state index in [0.29, 0.717) is 19.8 Å². The first kappa shape index (κ1) is 33.5. The summed E-state index contributed by atoms with van der Waals surface area (Å²) in [5, 5.41) is 6.74. The van der Waals surface area contributed by atoms with Gasteiger partial charge in [0.05, 0.1) is 44.2 Å². The minimum atomic E-state index is -0.214. The molecule has 254 valence electrons. The lowest BCUT2D eigenvalue weighted by atomic mass is 9.85. The van der Waals surface area contributed by atoms with Crippen LogP contribution in [0, 0.1) is 5.82 Å². The number of hydrogen-bond acceptors (Lipinski definition) is 9. The van der Waals surface area contributed by atoms with Crippen LogP contribution in [0.25, 0.3) is 0 Å². The van der Waals surface area contributed by atoms with Crippen molar-refractivity contribution >= 4 is 11.4 Å². The van der Waals surface area contributed by atoms with Gasteiger partial charge in [0, 0.05) is 64.5 Å². The zero-order chi connectivity index (χ0) is 32.4. The van der Waals surface area contributed by atoms with E-state index in [1.807, 2.05) is 13.1 Å². The number of ether oxygens (including phenoxy) is 5. The van der Waals surface area contributed by atoms with E-state index in [0.717, 1.165) is 93.7 Å². The lowest BCUT2D eigenvalue weighted by molar-refractivity contribution is -0.0589. The quantitative estimate of drug-likeness (QED) is 0.230. The Bertz CT molecular complexity index is 1410. The minimum absolute atomic E-state index is 0.0308. The Morgan fingerprint density at radius 2 is 1.83 bits per heavy atom. The van der Waals surface area contributed by atoms with Gasteiger partial charge in [0.1, 0.15) is 30.0 Å². The SMILES string of the molecule is CNCCOC1CNCC(OCc2ccc3c(c2)N(CCCOC)CCO3)C1c1ccc(OC2CCN(c3cccc(F)c3)C2)cc1. The number of methoxy groups -OCH3 is 1. The van der Waals surface area contributed by atoms with E-state index in [1.165, 1.54) is 11.6 Å². The summed E-state index contributed by atoms with van der Waals surface area (Å²) in [6, 6.07) is 21.6. The minimum Gasteiger partial charge on any atom is -0.490 e. The molecule has 4 unspecified atom stereocenters. The molecular formula is C37H49FN4O5. The van der Waals surface area contributed by atoms with E-state index < -0.39 is 0 Å². The smallest absolute Gasteiger partial charge is 0.142 e. The van der Waals surface area contributed by atoms with Crippen molar-refractivity contribution in [2.45, 2.75) is 43.7 Å². The molecule has 2 fully saturated rings. The number of likely N-dealkylation sites (N-methyl/N-ethyl adjacent to an activating group) is 1. The molecule has 0 bridgehead atoms. The van der Waals surface area contributed by atoms with Crippen molar-refractivity contribution in [3.63, 3.8) is 0 Å². The Morgan fingerprint density at radius 1 is 0.979 bits per heavy atom. The topological polar surface area (TPSA) is 76.7 Å². The number of nitrogens with one attached hydrogen (secondary N) is 2. The molecule has 0 spiro atoms. The number of halogens is 1. The van der Waals surface area contributed by atoms with Crippen LogP contribution in [-0.2, 0) is 20.8 Å². The summed E-state index contributed by atoms with van der Waals surface area (Å²) in [7, 11) is 3.68. The summed E-state index contributed by atoms with van der Waals surface area (Å²) in [4.78, 5) is 4.56. The Morgan fingerprint density at radius 3 is 2.64 bits per heavy atom. The zero-order valence-corrected chi connectivity index (χ0v) is 27.7. The Hall–Kier alpha value is -3.41. The first-order valence-corrected chi connectivity index (χ1v) is 17.0. The molecule has 3 aromatic carbocycles. The average Bonchev–Trinajstić information content (AvgIpc) is 3.57. The van der Waals surface area contributed by atoms with Crippen molar-refractivity contribution in [2.75, 3.05) is 89.6 Å². The summed E-state index contributed by atoms with van der Waals surface area (Å²) < 4.78 is 44.5. The van der Waals surface area contributed by atoms with E-state index in [9.17, 15) is 4.39 Å². The highest BCUT2D eigenvalue weighted by atomic mass is 19.1. The molecule has 0 radical (unpaired) electrons. The highest BCUT2D eigenvalue weighted by Gasteiger charge is 2.36. The van der Waals surface area contributed by atoms with Crippen molar-refractivity contribution in [3.05, 3.63) is 83.7 Å². The molecule has 4 atom stereocenters. The van der Waals surface area contributed by atoms with Crippen LogP contribution in [0.3, 0.4) is 0 Å². The summed E-state index contributed by atoms with van der Waals surface area (Å²) in [6.07, 6.45) is 1.81. The zero-order valence-electron chi connectivity index (χ0n) is 27.7. The third kappa shape index (κ3) is 8.74. The van der Waals surface area contributed by atoms with Crippen molar-refractivity contribution in [1.82, 2.24) is 10.6 Å². The largest absolute Gasteiger partial charge is 0.490 e. The third-order valence-corrected chi connectivity index (χ3v) is 9.29. The second-order valence-corrected chi connectivity index (χ2v) is 12.6. The number of benzene rings is 3. The van der Waals surface area contributed by atoms with Crippen LogP contribution in [-0.4, -0.2) is 98.1 Å². The summed E-state index contributed by atoms with van der Waals surface area (Å²) >= 11 is 0. The molecule has 47 heavy (non-hydrogen) atoms. The maximum Gasteiger partial charge on any atom is 0.142 e. The van der Waals surface area contributed by atoms with Gasteiger partial charge in [-0.25, -0.2) is 4.39 Å². The normalized spacial score (nSPS) is 22.6. The maximum absolute atomic E-state index is 13.8. The number of rotatable bonds is 15. The van der Waals surface area contributed by atoms with Gasteiger partial charge in [-0.05, 0) is 67.1 Å². The third-order valence-electron chi connectivity index (χ3n) is 9.29. The lowest BCUT2D eigenvalue weighted by Gasteiger charge is -2.39. The predicted molar refractivity (Wildman–Crippen MR) is 183 cm³/mol. The van der Waals surface area contributed by atoms with Gasteiger partial charge < -0.3 is 44.1 Å². The predicted octanol–water partition coefficient (Wildman–Crippen LogP) is 4.60. The highest BCUT2D eigenvalue weighted by Crippen LogP contribution is 2.35. The first-order valence-electron chi connectivity index (χ1n) is 17.0. The fourth-order valence-corrected chi connectivity index (χ4v) is 6.86. The van der Waals surface area contributed by atoms with Crippen LogP contribution < -0.4 is 29.9 Å². The monoisotopic (exact) mass is 648 g/mol. The van der Waals surface area contributed by atoms with Crippen molar-refractivity contribution in [2.24, 2.45) is 0 Å². The van der Waals surface area contributed by atoms with E-state index in [1.54, 1.807) is 19.2 Å². The number of anilines is 2. The van der Waals surface area contributed by atoms with Crippen molar-refractivity contribution in [1.29, 1.82) is 0 Å². The fourth-order valence-electron chi connectivity index (χ4n) is 6.86. The van der Waals surface area contributed by atoms with Gasteiger partial charge in [0.15, 0.2) is 0 Å². The van der Waals surface area contributed by atoms with Gasteiger partial charge in [-0.2, -0.15) is 0 Å². The molecule has 9 nitrogen and oxygen atoms in total. The van der Waals surface area contributed by atoms with E-state index in [2.05, 4.69) is 62.9 Å². The van der Waals surface area contributed by atoms with Crippen LogP contribution in [0.15, 0.2) is 66.7 Å². The highest BCUT2D eigenvalue weighted by molar-refractivity contribution is 5.61. The number of fused-ring (bicyclic) bond motifs is 1. The molecule has 10 heteroatoms. The van der Waals surface area contributed by atoms with Gasteiger partial charge >= 0.3 is 0 Å². The van der Waals surface area contributed by atoms with Crippen molar-refractivity contribution in [3.8, 4) is 11.5 Å². The standard InChI is InChI=1S/C37H49FN4O5/c1-39-14-19-44-35-23-40-24-36(46-26-27-7-12-34-33(21-27)41(17-20-45-34)15-4-18-43-2)37(35)28-8-10-31(11-9-28)47-32-13-16-42(25-32)30-6-3-5-29(38)22-30/h3,5-12,21-22,32,35-37,39-40H,4,13-20,23-26H2,1-2H3. The maximum atomic E-state index is 13.8. The van der Waals surface area contributed by atoms with Crippen LogP contribution in [0.2, 0.25) is 0 Å². The number of piperidine rings is 1. The van der Waals surface area contributed by atoms with Gasteiger partial charge in [0.2, 0.25) is 0 Å². The van der Waals surface area contributed by atoms with E-state index >= 15 is 0 Å². The molecule has 3 heterocycles. The molecule has 6 rings (SSSR count). The van der Waals surface area contributed by atoms with Gasteiger partial charge in [-0.15, -0.1) is 0 Å². The lowest BCUT2D eigenvalue weighted by Crippen LogP contribution is -2.51. The average molecular weight is 649 g/mol. The molecule has 3 aliphatic rings. The van der Waals surface area contributed by atoms with Gasteiger partial charge in [0.25, 0.3) is 0 Å². The van der Waals surface area contributed by atoms with E-state index in [-0.39, 0.29) is 30.0 Å². The second-order valence-electron chi connectivity index (χ2n) is 12.6. The molecular weight excluding hydrogens is 599 g/mol. The number of hydrogen-bond donors (Lipinski definition) is 2. The van der Waals surface area contributed by atoms with E-state index in [4.69, 9.17) is 23.7 Å². The molecule has 0 aliphatic carbocycles. The molecule has 2 saturated heterocycles. The fraction of sp³-hybridized carbons (Fsp3) is 0.514. The summed E-state index contributed by atoms with van der Waals surface area (Å²) in [6.45, 7) is 8.22. The second kappa shape index (κ2) is 16.6. The molecule has 2 N–H and O–H groups in total. The van der Waals surface area contributed by atoms with Crippen LogP contribution >= 0.6 is 0 Å². The Labute approximate surface area is 278 Å². The van der Waals surface area contributed by atoms with Crippen molar-refractivity contribution < 1.29 is 28.1 Å². The van der Waals surface area contributed by atoms with Gasteiger partial charge in [-0.1, -0.05) is 24.3 Å². The first-order chi connectivity index (χ1) is 23.1. The summed E-state index contributed by atoms with van der Waals surface area (Å²) in [5.74, 6) is 1.61. The Balaban J connectivity index is 1.12. The number of nitrogens with zero attached hydrogens (tertiary/aromatic N) is 2. The van der Waals surface area contributed by atoms with Crippen LogP contribution in [0.4, 0.5) is 15.8 Å². The molecule has 3 aliphatic heterocycles. The summed E-state index contributed by atoms with van der Waals surface area (Å²) in [5.41, 5.74) is 4.32.